The minimum absolute atomic E-state index is 0.0507. The van der Waals surface area contributed by atoms with Crippen LogP contribution in [0.25, 0.3) is 0 Å². The number of hydrogen-bond donors (Lipinski definition) is 1. The zero-order valence-corrected chi connectivity index (χ0v) is 19.4. The first kappa shape index (κ1) is 24.0. The molecule has 0 saturated carbocycles. The van der Waals surface area contributed by atoms with Crippen LogP contribution in [0.5, 0.6) is 5.75 Å². The number of anilines is 1. The maximum atomic E-state index is 13.8. The van der Waals surface area contributed by atoms with Crippen molar-refractivity contribution in [2.45, 2.75) is 18.4 Å². The number of imide groups is 1. The monoisotopic (exact) mass is 521 g/mol. The molecule has 2 saturated heterocycles. The fourth-order valence-corrected chi connectivity index (χ4v) is 5.73. The quantitative estimate of drug-likeness (QED) is 0.414. The predicted octanol–water partition coefficient (Wildman–Crippen LogP) is 3.49. The molecule has 3 heterocycles. The van der Waals surface area contributed by atoms with E-state index in [9.17, 15) is 32.3 Å². The molecule has 1 N–H and O–H groups in total. The molecule has 3 aliphatic rings. The number of fused-ring (bicyclic) bond motifs is 2. The molecule has 0 spiro atoms. The topological polar surface area (TPSA) is 106 Å². The second kappa shape index (κ2) is 8.59. The summed E-state index contributed by atoms with van der Waals surface area (Å²) in [5.74, 6) is -5.92. The van der Waals surface area contributed by atoms with Crippen LogP contribution in [0.3, 0.4) is 0 Å². The second-order valence-corrected chi connectivity index (χ2v) is 9.28. The lowest BCUT2D eigenvalue weighted by molar-refractivity contribution is -0.274. The third kappa shape index (κ3) is 3.69. The summed E-state index contributed by atoms with van der Waals surface area (Å²) in [6.45, 7) is 0. The number of benzene rings is 2. The second-order valence-electron chi connectivity index (χ2n) is 9.28. The molecular weight excluding hydrogens is 503 g/mol. The number of pyridine rings is 1. The van der Waals surface area contributed by atoms with Gasteiger partial charge >= 0.3 is 6.36 Å². The van der Waals surface area contributed by atoms with E-state index < -0.39 is 65.3 Å². The number of alkyl halides is 3. The van der Waals surface area contributed by atoms with Gasteiger partial charge in [0.05, 0.1) is 29.3 Å². The Kier molecular flexibility index (Phi) is 5.42. The van der Waals surface area contributed by atoms with Gasteiger partial charge in [0, 0.05) is 23.4 Å². The van der Waals surface area contributed by atoms with Crippen LogP contribution in [-0.2, 0) is 9.59 Å². The summed E-state index contributed by atoms with van der Waals surface area (Å²) in [5, 5.41) is 3.20. The summed E-state index contributed by atoms with van der Waals surface area (Å²) in [4.78, 5) is 59.3. The van der Waals surface area contributed by atoms with Crippen molar-refractivity contribution in [1.82, 2.24) is 10.3 Å². The Morgan fingerprint density at radius 1 is 0.789 bits per heavy atom. The van der Waals surface area contributed by atoms with Crippen molar-refractivity contribution < 1.29 is 37.1 Å². The molecule has 6 rings (SSSR count). The van der Waals surface area contributed by atoms with Crippen molar-refractivity contribution in [3.05, 3.63) is 89.7 Å². The Bertz CT molecular complexity index is 1440. The molecule has 38 heavy (non-hydrogen) atoms. The lowest BCUT2D eigenvalue weighted by Crippen LogP contribution is -2.46. The first-order valence-corrected chi connectivity index (χ1v) is 11.7. The maximum Gasteiger partial charge on any atom is 0.573 e. The fourth-order valence-electron chi connectivity index (χ4n) is 5.73. The molecule has 0 bridgehead atoms. The van der Waals surface area contributed by atoms with Gasteiger partial charge in [-0.3, -0.25) is 24.2 Å². The Labute approximate surface area is 213 Å². The number of carbonyl (C=O) groups is 4. The van der Waals surface area contributed by atoms with E-state index in [1.165, 1.54) is 18.3 Å². The number of halogens is 3. The minimum atomic E-state index is -4.90. The molecule has 4 atom stereocenters. The third-order valence-corrected chi connectivity index (χ3v) is 7.23. The Hall–Kier alpha value is -4.38. The highest BCUT2D eigenvalue weighted by Gasteiger charge is 2.63. The number of amides is 2. The van der Waals surface area contributed by atoms with Crippen LogP contribution in [-0.4, -0.2) is 40.8 Å². The number of ether oxygens (including phenoxy) is 1. The third-order valence-electron chi connectivity index (χ3n) is 7.23. The first-order valence-electron chi connectivity index (χ1n) is 11.7. The van der Waals surface area contributed by atoms with Crippen molar-refractivity contribution in [3.63, 3.8) is 0 Å². The Morgan fingerprint density at radius 2 is 1.39 bits per heavy atom. The molecule has 8 nitrogen and oxygen atoms in total. The molecule has 2 fully saturated rings. The number of nitrogens with one attached hydrogen (secondary N) is 1. The molecule has 4 unspecified atom stereocenters. The zero-order valence-electron chi connectivity index (χ0n) is 19.4. The van der Waals surface area contributed by atoms with Gasteiger partial charge in [0.25, 0.3) is 0 Å². The average Bonchev–Trinajstić information content (AvgIpc) is 3.49. The van der Waals surface area contributed by atoms with Crippen LogP contribution >= 0.6 is 0 Å². The molecule has 192 valence electrons. The van der Waals surface area contributed by atoms with Crippen LogP contribution < -0.4 is 15.0 Å². The Balaban J connectivity index is 1.39. The lowest BCUT2D eigenvalue weighted by Gasteiger charge is -2.24. The highest BCUT2D eigenvalue weighted by Crippen LogP contribution is 2.48. The molecule has 2 aliphatic heterocycles. The van der Waals surface area contributed by atoms with Gasteiger partial charge in [-0.1, -0.05) is 30.3 Å². The number of aromatic nitrogens is 1. The summed E-state index contributed by atoms with van der Waals surface area (Å²) in [6, 6.07) is 14.1. The SMILES string of the molecule is O=C1c2ccccc2C(=O)C1C1NC(c2ccccn2)C2C(=O)N(c3ccc(OC(F)(F)F)cc3)C(=O)C12. The highest BCUT2D eigenvalue weighted by molar-refractivity contribution is 6.28. The number of ketones is 2. The molecule has 1 aromatic heterocycles. The van der Waals surface area contributed by atoms with E-state index in [0.717, 1.165) is 17.0 Å². The molecular formula is C27H18F3N3O5. The normalized spacial score (nSPS) is 25.2. The van der Waals surface area contributed by atoms with Gasteiger partial charge in [-0.2, -0.15) is 0 Å². The van der Waals surface area contributed by atoms with Gasteiger partial charge in [0.1, 0.15) is 11.7 Å². The Morgan fingerprint density at radius 3 is 1.97 bits per heavy atom. The van der Waals surface area contributed by atoms with E-state index in [1.807, 2.05) is 0 Å². The van der Waals surface area contributed by atoms with E-state index in [4.69, 9.17) is 0 Å². The summed E-state index contributed by atoms with van der Waals surface area (Å²) in [5.41, 5.74) is 1.03. The lowest BCUT2D eigenvalue weighted by atomic mass is 9.81. The first-order chi connectivity index (χ1) is 18.2. The minimum Gasteiger partial charge on any atom is -0.406 e. The van der Waals surface area contributed by atoms with Crippen LogP contribution in [0.2, 0.25) is 0 Å². The molecule has 11 heteroatoms. The van der Waals surface area contributed by atoms with E-state index in [0.29, 0.717) is 5.69 Å². The van der Waals surface area contributed by atoms with Crippen molar-refractivity contribution >= 4 is 29.1 Å². The van der Waals surface area contributed by atoms with E-state index >= 15 is 0 Å². The van der Waals surface area contributed by atoms with E-state index in [2.05, 4.69) is 15.0 Å². The molecule has 0 radical (unpaired) electrons. The van der Waals surface area contributed by atoms with Crippen LogP contribution in [0.1, 0.15) is 32.5 Å². The van der Waals surface area contributed by atoms with Crippen molar-refractivity contribution in [2.24, 2.45) is 17.8 Å². The number of nitrogens with zero attached hydrogens (tertiary/aromatic N) is 2. The van der Waals surface area contributed by atoms with Crippen molar-refractivity contribution in [1.29, 1.82) is 0 Å². The van der Waals surface area contributed by atoms with Gasteiger partial charge < -0.3 is 10.1 Å². The van der Waals surface area contributed by atoms with E-state index in [-0.39, 0.29) is 16.8 Å². The number of hydrogen-bond acceptors (Lipinski definition) is 7. The predicted molar refractivity (Wildman–Crippen MR) is 125 cm³/mol. The van der Waals surface area contributed by atoms with Gasteiger partial charge in [-0.15, -0.1) is 13.2 Å². The maximum absolute atomic E-state index is 13.8. The summed E-state index contributed by atoms with van der Waals surface area (Å²) in [6.07, 6.45) is -3.37. The number of rotatable bonds is 4. The summed E-state index contributed by atoms with van der Waals surface area (Å²) < 4.78 is 41.6. The zero-order chi connectivity index (χ0) is 26.8. The molecule has 1 aliphatic carbocycles. The number of carbonyl (C=O) groups excluding carboxylic acids is 4. The van der Waals surface area contributed by atoms with Crippen LogP contribution in [0.15, 0.2) is 72.9 Å². The van der Waals surface area contributed by atoms with Crippen LogP contribution in [0.4, 0.5) is 18.9 Å². The van der Waals surface area contributed by atoms with Gasteiger partial charge in [0.15, 0.2) is 11.6 Å². The molecule has 2 aromatic carbocycles. The van der Waals surface area contributed by atoms with Crippen molar-refractivity contribution in [3.8, 4) is 5.75 Å². The van der Waals surface area contributed by atoms with Gasteiger partial charge in [-0.25, -0.2) is 4.90 Å². The fraction of sp³-hybridized carbons (Fsp3) is 0.222. The van der Waals surface area contributed by atoms with Crippen molar-refractivity contribution in [2.75, 3.05) is 4.90 Å². The smallest absolute Gasteiger partial charge is 0.406 e. The van der Waals surface area contributed by atoms with E-state index in [1.54, 1.807) is 42.5 Å². The number of Topliss-reactive ketones (excluding diaryl/α,β-unsaturated/α-hetero) is 2. The highest BCUT2D eigenvalue weighted by atomic mass is 19.4. The largest absolute Gasteiger partial charge is 0.573 e. The standard InChI is InChI=1S/C27H18F3N3O5/c28-27(29,30)38-14-10-8-13(9-11-14)33-25(36)18-19(26(33)37)22(32-21(18)17-7-3-4-12-31-17)20-23(34)15-5-1-2-6-16(15)24(20)35/h1-12,18-22,32H. The molecule has 3 aromatic rings. The summed E-state index contributed by atoms with van der Waals surface area (Å²) >= 11 is 0. The summed E-state index contributed by atoms with van der Waals surface area (Å²) in [7, 11) is 0. The van der Waals surface area contributed by atoms with Gasteiger partial charge in [-0.05, 0) is 36.4 Å². The van der Waals surface area contributed by atoms with Gasteiger partial charge in [0.2, 0.25) is 11.8 Å². The van der Waals surface area contributed by atoms with Crippen LogP contribution in [0, 0.1) is 17.8 Å². The average molecular weight is 521 g/mol. The molecule has 2 amide bonds.